The fourth-order valence-electron chi connectivity index (χ4n) is 2.82. The van der Waals surface area contributed by atoms with E-state index in [0.717, 1.165) is 6.26 Å². The van der Waals surface area contributed by atoms with E-state index in [2.05, 4.69) is 15.4 Å². The highest BCUT2D eigenvalue weighted by atomic mass is 32.2. The van der Waals surface area contributed by atoms with Gasteiger partial charge in [0.1, 0.15) is 5.92 Å². The molecule has 1 aliphatic heterocycles. The summed E-state index contributed by atoms with van der Waals surface area (Å²) in [5.41, 5.74) is 0.584. The van der Waals surface area contributed by atoms with Crippen molar-refractivity contribution in [3.63, 3.8) is 0 Å². The van der Waals surface area contributed by atoms with Crippen LogP contribution in [-0.4, -0.2) is 33.0 Å². The van der Waals surface area contributed by atoms with Crippen LogP contribution >= 0.6 is 0 Å². The zero-order valence-corrected chi connectivity index (χ0v) is 15.0. The molecule has 0 radical (unpaired) electrons. The summed E-state index contributed by atoms with van der Waals surface area (Å²) >= 11 is 0. The lowest BCUT2D eigenvalue weighted by Gasteiger charge is -2.29. The summed E-state index contributed by atoms with van der Waals surface area (Å²) < 4.78 is 24.9. The van der Waals surface area contributed by atoms with Gasteiger partial charge in [-0.05, 0) is 23.6 Å². The molecule has 2 rings (SSSR count). The molecule has 1 aromatic rings. The minimum atomic E-state index is -3.40. The summed E-state index contributed by atoms with van der Waals surface area (Å²) in [6.45, 7) is 6.45. The van der Waals surface area contributed by atoms with Crippen LogP contribution in [0.15, 0.2) is 24.3 Å². The summed E-state index contributed by atoms with van der Waals surface area (Å²) in [4.78, 5) is 24.6. The molecule has 3 N–H and O–H groups in total. The SMILES string of the molecule is CC(C)(C)C1CNC(=O)C1C(=O)Nc1cccc(NS(C)(=O)=O)c1. The van der Waals surface area contributed by atoms with Crippen molar-refractivity contribution in [2.24, 2.45) is 17.3 Å². The maximum atomic E-state index is 12.6. The number of nitrogens with one attached hydrogen (secondary N) is 3. The fraction of sp³-hybridized carbons (Fsp3) is 0.500. The maximum absolute atomic E-state index is 12.6. The zero-order chi connectivity index (χ0) is 18.1. The Labute approximate surface area is 142 Å². The van der Waals surface area contributed by atoms with Crippen molar-refractivity contribution < 1.29 is 18.0 Å². The van der Waals surface area contributed by atoms with Gasteiger partial charge in [0, 0.05) is 18.2 Å². The molecule has 1 aliphatic rings. The predicted octanol–water partition coefficient (Wildman–Crippen LogP) is 1.40. The molecule has 0 bridgehead atoms. The normalized spacial score (nSPS) is 21.2. The second-order valence-electron chi connectivity index (χ2n) is 7.14. The first-order valence-corrected chi connectivity index (χ1v) is 9.53. The van der Waals surface area contributed by atoms with E-state index in [1.165, 1.54) is 6.07 Å². The van der Waals surface area contributed by atoms with Crippen LogP contribution in [0.5, 0.6) is 0 Å². The first-order chi connectivity index (χ1) is 11.0. The largest absolute Gasteiger partial charge is 0.355 e. The number of carbonyl (C=O) groups excluding carboxylic acids is 2. The Morgan fingerprint density at radius 2 is 1.88 bits per heavy atom. The van der Waals surface area contributed by atoms with Crippen molar-refractivity contribution in [3.8, 4) is 0 Å². The minimum Gasteiger partial charge on any atom is -0.355 e. The van der Waals surface area contributed by atoms with Crippen molar-refractivity contribution in [3.05, 3.63) is 24.3 Å². The summed E-state index contributed by atoms with van der Waals surface area (Å²) in [6, 6.07) is 6.36. The Kier molecular flexibility index (Phi) is 4.89. The van der Waals surface area contributed by atoms with E-state index in [1.807, 2.05) is 20.8 Å². The van der Waals surface area contributed by atoms with Gasteiger partial charge in [-0.1, -0.05) is 26.8 Å². The van der Waals surface area contributed by atoms with Gasteiger partial charge in [0.2, 0.25) is 21.8 Å². The molecule has 8 heteroatoms. The van der Waals surface area contributed by atoms with E-state index in [1.54, 1.807) is 18.2 Å². The fourth-order valence-corrected chi connectivity index (χ4v) is 3.38. The van der Waals surface area contributed by atoms with E-state index in [-0.39, 0.29) is 23.1 Å². The average molecular weight is 353 g/mol. The van der Waals surface area contributed by atoms with Gasteiger partial charge in [0.15, 0.2) is 0 Å². The monoisotopic (exact) mass is 353 g/mol. The van der Waals surface area contributed by atoms with E-state index >= 15 is 0 Å². The first kappa shape index (κ1) is 18.3. The van der Waals surface area contributed by atoms with E-state index in [4.69, 9.17) is 0 Å². The van der Waals surface area contributed by atoms with Gasteiger partial charge < -0.3 is 10.6 Å². The van der Waals surface area contributed by atoms with Gasteiger partial charge in [-0.25, -0.2) is 8.42 Å². The second kappa shape index (κ2) is 6.43. The van der Waals surface area contributed by atoms with E-state index in [0.29, 0.717) is 17.9 Å². The van der Waals surface area contributed by atoms with Crippen molar-refractivity contribution in [1.29, 1.82) is 0 Å². The van der Waals surface area contributed by atoms with Crippen molar-refractivity contribution >= 4 is 33.2 Å². The molecule has 7 nitrogen and oxygen atoms in total. The third kappa shape index (κ3) is 4.47. The average Bonchev–Trinajstić information content (AvgIpc) is 2.79. The molecule has 24 heavy (non-hydrogen) atoms. The number of hydrogen-bond acceptors (Lipinski definition) is 4. The maximum Gasteiger partial charge on any atom is 0.237 e. The third-order valence-electron chi connectivity index (χ3n) is 4.01. The van der Waals surface area contributed by atoms with Gasteiger partial charge in [0.25, 0.3) is 0 Å². The molecule has 2 amide bonds. The van der Waals surface area contributed by atoms with Gasteiger partial charge in [0.05, 0.1) is 11.9 Å². The quantitative estimate of drug-likeness (QED) is 0.712. The lowest BCUT2D eigenvalue weighted by molar-refractivity contribution is -0.132. The standard InChI is InChI=1S/C16H23N3O4S/c1-16(2,3)12-9-17-14(20)13(12)15(21)18-10-6-5-7-11(8-10)19-24(4,22)23/h5-8,12-13,19H,9H2,1-4H3,(H,17,20)(H,18,21). The van der Waals surface area contributed by atoms with Crippen molar-refractivity contribution in [1.82, 2.24) is 5.32 Å². The number of hydrogen-bond donors (Lipinski definition) is 3. The Balaban J connectivity index is 2.17. The lowest BCUT2D eigenvalue weighted by atomic mass is 9.74. The summed E-state index contributed by atoms with van der Waals surface area (Å²) in [7, 11) is -3.40. The van der Waals surface area contributed by atoms with Gasteiger partial charge in [-0.2, -0.15) is 0 Å². The molecule has 0 aliphatic carbocycles. The molecule has 2 unspecified atom stereocenters. The number of rotatable bonds is 4. The number of amides is 2. The minimum absolute atomic E-state index is 0.109. The third-order valence-corrected chi connectivity index (χ3v) is 4.62. The van der Waals surface area contributed by atoms with Crippen molar-refractivity contribution in [2.75, 3.05) is 22.8 Å². The highest BCUT2D eigenvalue weighted by Crippen LogP contribution is 2.35. The molecule has 0 aromatic heterocycles. The van der Waals surface area contributed by atoms with E-state index in [9.17, 15) is 18.0 Å². The van der Waals surface area contributed by atoms with Crippen LogP contribution in [0.2, 0.25) is 0 Å². The Morgan fingerprint density at radius 1 is 1.25 bits per heavy atom. The van der Waals surface area contributed by atoms with Crippen LogP contribution in [0.4, 0.5) is 11.4 Å². The predicted molar refractivity (Wildman–Crippen MR) is 93.0 cm³/mol. The molecular weight excluding hydrogens is 330 g/mol. The molecule has 1 aromatic carbocycles. The smallest absolute Gasteiger partial charge is 0.237 e. The summed E-state index contributed by atoms with van der Waals surface area (Å²) in [6.07, 6.45) is 1.05. The van der Waals surface area contributed by atoms with Crippen LogP contribution < -0.4 is 15.4 Å². The molecule has 132 valence electrons. The van der Waals surface area contributed by atoms with Crippen LogP contribution in [0, 0.1) is 17.3 Å². The first-order valence-electron chi connectivity index (χ1n) is 7.64. The van der Waals surface area contributed by atoms with Gasteiger partial charge in [-0.3, -0.25) is 14.3 Å². The lowest BCUT2D eigenvalue weighted by Crippen LogP contribution is -2.37. The van der Waals surface area contributed by atoms with Crippen LogP contribution in [0.25, 0.3) is 0 Å². The molecule has 2 atom stereocenters. The second-order valence-corrected chi connectivity index (χ2v) is 8.89. The molecule has 1 fully saturated rings. The van der Waals surface area contributed by atoms with Gasteiger partial charge >= 0.3 is 0 Å². The summed E-state index contributed by atoms with van der Waals surface area (Å²) in [5, 5.41) is 5.45. The zero-order valence-electron chi connectivity index (χ0n) is 14.2. The molecule has 1 saturated heterocycles. The van der Waals surface area contributed by atoms with Crippen LogP contribution in [0.3, 0.4) is 0 Å². The Bertz CT molecular complexity index is 753. The van der Waals surface area contributed by atoms with Crippen LogP contribution in [0.1, 0.15) is 20.8 Å². The number of carbonyl (C=O) groups is 2. The number of benzene rings is 1. The molecule has 0 saturated carbocycles. The number of sulfonamides is 1. The highest BCUT2D eigenvalue weighted by Gasteiger charge is 2.45. The topological polar surface area (TPSA) is 104 Å². The Hall–Kier alpha value is -2.09. The Morgan fingerprint density at radius 3 is 2.46 bits per heavy atom. The van der Waals surface area contributed by atoms with E-state index < -0.39 is 15.9 Å². The highest BCUT2D eigenvalue weighted by molar-refractivity contribution is 7.92. The van der Waals surface area contributed by atoms with Crippen LogP contribution in [-0.2, 0) is 19.6 Å². The molecule has 1 heterocycles. The molecular formula is C16H23N3O4S. The van der Waals surface area contributed by atoms with Gasteiger partial charge in [-0.15, -0.1) is 0 Å². The van der Waals surface area contributed by atoms with Crippen molar-refractivity contribution in [2.45, 2.75) is 20.8 Å². The number of anilines is 2. The molecule has 0 spiro atoms. The summed E-state index contributed by atoms with van der Waals surface area (Å²) in [5.74, 6) is -1.54.